The van der Waals surface area contributed by atoms with E-state index in [1.54, 1.807) is 0 Å². The Balaban J connectivity index is 1.96. The van der Waals surface area contributed by atoms with Gasteiger partial charge in [0.05, 0.1) is 19.2 Å². The van der Waals surface area contributed by atoms with Gasteiger partial charge >= 0.3 is 0 Å². The zero-order chi connectivity index (χ0) is 10.7. The van der Waals surface area contributed by atoms with E-state index in [0.29, 0.717) is 12.0 Å². The second-order valence-electron chi connectivity index (χ2n) is 4.44. The van der Waals surface area contributed by atoms with Crippen molar-refractivity contribution in [1.82, 2.24) is 4.90 Å². The summed E-state index contributed by atoms with van der Waals surface area (Å²) in [6, 6.07) is 0.491. The molecule has 0 bridgehead atoms. The molecule has 2 aliphatic rings. The number of nitrogens with zero attached hydrogens (tertiary/aromatic N) is 2. The predicted molar refractivity (Wildman–Crippen MR) is 60.8 cm³/mol. The lowest BCUT2D eigenvalue weighted by atomic mass is 9.93. The molecule has 2 heterocycles. The van der Waals surface area contributed by atoms with E-state index in [2.05, 4.69) is 16.8 Å². The topological polar surface area (TPSA) is 50.8 Å². The fourth-order valence-electron chi connectivity index (χ4n) is 2.54. The van der Waals surface area contributed by atoms with Gasteiger partial charge in [-0.05, 0) is 19.3 Å². The minimum atomic E-state index is 0.491. The van der Waals surface area contributed by atoms with Gasteiger partial charge in [0.2, 0.25) is 0 Å². The molecule has 4 nitrogen and oxygen atoms in total. The second kappa shape index (κ2) is 4.84. The Morgan fingerprint density at radius 2 is 2.47 bits per heavy atom. The average molecular weight is 211 g/mol. The number of ether oxygens (including phenoxy) is 1. The Labute approximate surface area is 91.5 Å². The van der Waals surface area contributed by atoms with Gasteiger partial charge in [-0.3, -0.25) is 4.99 Å². The molecule has 1 fully saturated rings. The first kappa shape index (κ1) is 10.7. The van der Waals surface area contributed by atoms with E-state index < -0.39 is 0 Å². The van der Waals surface area contributed by atoms with Crippen molar-refractivity contribution in [1.29, 1.82) is 0 Å². The van der Waals surface area contributed by atoms with Crippen molar-refractivity contribution in [2.24, 2.45) is 16.6 Å². The van der Waals surface area contributed by atoms with Gasteiger partial charge in [-0.15, -0.1) is 0 Å². The van der Waals surface area contributed by atoms with Gasteiger partial charge in [0, 0.05) is 19.1 Å². The van der Waals surface area contributed by atoms with Crippen molar-refractivity contribution in [2.75, 3.05) is 26.3 Å². The van der Waals surface area contributed by atoms with E-state index in [1.807, 2.05) is 0 Å². The van der Waals surface area contributed by atoms with Crippen LogP contribution in [-0.2, 0) is 4.74 Å². The summed E-state index contributed by atoms with van der Waals surface area (Å²) in [6.07, 6.45) is 3.56. The summed E-state index contributed by atoms with van der Waals surface area (Å²) in [7, 11) is 0. The van der Waals surface area contributed by atoms with E-state index in [4.69, 9.17) is 10.5 Å². The van der Waals surface area contributed by atoms with E-state index >= 15 is 0 Å². The summed E-state index contributed by atoms with van der Waals surface area (Å²) < 4.78 is 5.54. The van der Waals surface area contributed by atoms with Gasteiger partial charge in [0.15, 0.2) is 5.96 Å². The van der Waals surface area contributed by atoms with Gasteiger partial charge in [-0.1, -0.05) is 6.92 Å². The molecule has 2 aliphatic heterocycles. The molecule has 2 atom stereocenters. The smallest absolute Gasteiger partial charge is 0.191 e. The third kappa shape index (κ3) is 2.25. The van der Waals surface area contributed by atoms with Crippen molar-refractivity contribution in [3.63, 3.8) is 0 Å². The maximum absolute atomic E-state index is 5.90. The quantitative estimate of drug-likeness (QED) is 0.752. The maximum Gasteiger partial charge on any atom is 0.191 e. The molecule has 4 heteroatoms. The molecular formula is C11H21N3O. The summed E-state index contributed by atoms with van der Waals surface area (Å²) in [6.45, 7) is 5.87. The predicted octanol–water partition coefficient (Wildman–Crippen LogP) is 0.822. The number of rotatable bonds is 3. The van der Waals surface area contributed by atoms with Gasteiger partial charge in [0.1, 0.15) is 0 Å². The van der Waals surface area contributed by atoms with Crippen LogP contribution in [0.4, 0.5) is 0 Å². The Bertz CT molecular complexity index is 236. The lowest BCUT2D eigenvalue weighted by molar-refractivity contribution is 0.0285. The average Bonchev–Trinajstić information content (AvgIpc) is 2.63. The van der Waals surface area contributed by atoms with Gasteiger partial charge in [-0.2, -0.15) is 0 Å². The molecule has 2 rings (SSSR count). The summed E-state index contributed by atoms with van der Waals surface area (Å²) in [4.78, 5) is 6.62. The highest BCUT2D eigenvalue weighted by Crippen LogP contribution is 2.24. The zero-order valence-corrected chi connectivity index (χ0v) is 9.48. The van der Waals surface area contributed by atoms with Crippen molar-refractivity contribution in [3.8, 4) is 0 Å². The van der Waals surface area contributed by atoms with Crippen LogP contribution < -0.4 is 5.73 Å². The molecule has 2 unspecified atom stereocenters. The Morgan fingerprint density at radius 1 is 1.60 bits per heavy atom. The standard InChI is InChI=1S/C11H21N3O/c1-2-5-14-10(7-13-11(14)12)9-4-3-6-15-8-9/h9-10H,2-8H2,1H3,(H2,12,13). The van der Waals surface area contributed by atoms with Crippen LogP contribution >= 0.6 is 0 Å². The van der Waals surface area contributed by atoms with Crippen molar-refractivity contribution >= 4 is 5.96 Å². The summed E-state index contributed by atoms with van der Waals surface area (Å²) in [5, 5.41) is 0. The highest BCUT2D eigenvalue weighted by molar-refractivity contribution is 5.80. The van der Waals surface area contributed by atoms with E-state index in [9.17, 15) is 0 Å². The van der Waals surface area contributed by atoms with Crippen LogP contribution in [0.15, 0.2) is 4.99 Å². The first-order valence-electron chi connectivity index (χ1n) is 5.97. The van der Waals surface area contributed by atoms with E-state index in [-0.39, 0.29) is 0 Å². The highest BCUT2D eigenvalue weighted by Gasteiger charge is 2.33. The van der Waals surface area contributed by atoms with Crippen LogP contribution in [0.1, 0.15) is 26.2 Å². The summed E-state index contributed by atoms with van der Waals surface area (Å²) >= 11 is 0. The lowest BCUT2D eigenvalue weighted by Gasteiger charge is -2.34. The van der Waals surface area contributed by atoms with Gasteiger partial charge in [-0.25, -0.2) is 0 Å². The van der Waals surface area contributed by atoms with Crippen molar-refractivity contribution < 1.29 is 4.74 Å². The minimum Gasteiger partial charge on any atom is -0.381 e. The molecule has 0 aliphatic carbocycles. The third-order valence-electron chi connectivity index (χ3n) is 3.34. The van der Waals surface area contributed by atoms with E-state index in [1.165, 1.54) is 12.8 Å². The van der Waals surface area contributed by atoms with Crippen LogP contribution in [0, 0.1) is 5.92 Å². The Morgan fingerprint density at radius 3 is 3.13 bits per heavy atom. The van der Waals surface area contributed by atoms with Crippen molar-refractivity contribution in [2.45, 2.75) is 32.2 Å². The Kier molecular flexibility index (Phi) is 3.46. The monoisotopic (exact) mass is 211 g/mol. The minimum absolute atomic E-state index is 0.491. The largest absolute Gasteiger partial charge is 0.381 e. The molecule has 1 saturated heterocycles. The zero-order valence-electron chi connectivity index (χ0n) is 9.48. The van der Waals surface area contributed by atoms with Crippen LogP contribution in [-0.4, -0.2) is 43.2 Å². The molecule has 2 N–H and O–H groups in total. The van der Waals surface area contributed by atoms with Crippen LogP contribution in [0.25, 0.3) is 0 Å². The normalized spacial score (nSPS) is 31.8. The van der Waals surface area contributed by atoms with Crippen molar-refractivity contribution in [3.05, 3.63) is 0 Å². The van der Waals surface area contributed by atoms with Crippen LogP contribution in [0.5, 0.6) is 0 Å². The molecule has 0 saturated carbocycles. The number of hydrogen-bond donors (Lipinski definition) is 1. The van der Waals surface area contributed by atoms with Gasteiger partial charge in [0.25, 0.3) is 0 Å². The fourth-order valence-corrected chi connectivity index (χ4v) is 2.54. The molecule has 86 valence electrons. The molecule has 15 heavy (non-hydrogen) atoms. The lowest BCUT2D eigenvalue weighted by Crippen LogP contribution is -2.46. The molecule has 0 amide bonds. The molecule has 0 radical (unpaired) electrons. The third-order valence-corrected chi connectivity index (χ3v) is 3.34. The van der Waals surface area contributed by atoms with Crippen LogP contribution in [0.2, 0.25) is 0 Å². The van der Waals surface area contributed by atoms with Gasteiger partial charge < -0.3 is 15.4 Å². The first-order valence-corrected chi connectivity index (χ1v) is 5.97. The molecular weight excluding hydrogens is 190 g/mol. The Hall–Kier alpha value is -0.770. The molecule has 0 aromatic heterocycles. The maximum atomic E-state index is 5.90. The highest BCUT2D eigenvalue weighted by atomic mass is 16.5. The number of hydrogen-bond acceptors (Lipinski definition) is 4. The first-order chi connectivity index (χ1) is 7.33. The number of guanidine groups is 1. The summed E-state index contributed by atoms with van der Waals surface area (Å²) in [5.74, 6) is 1.35. The SMILES string of the molecule is CCCN1C(N)=NCC1C1CCCOC1. The number of aliphatic imine (C=N–C) groups is 1. The number of nitrogens with two attached hydrogens (primary N) is 1. The molecule has 0 aromatic rings. The van der Waals surface area contributed by atoms with Crippen LogP contribution in [0.3, 0.4) is 0 Å². The molecule has 0 spiro atoms. The molecule has 0 aromatic carbocycles. The fraction of sp³-hybridized carbons (Fsp3) is 0.909. The second-order valence-corrected chi connectivity index (χ2v) is 4.44. The van der Waals surface area contributed by atoms with E-state index in [0.717, 1.165) is 38.7 Å². The summed E-state index contributed by atoms with van der Waals surface area (Å²) in [5.41, 5.74) is 5.90.